The van der Waals surface area contributed by atoms with E-state index in [-0.39, 0.29) is 0 Å². The van der Waals surface area contributed by atoms with Crippen molar-refractivity contribution >= 4 is 39.1 Å². The highest BCUT2D eigenvalue weighted by Crippen LogP contribution is 2.38. The summed E-state index contributed by atoms with van der Waals surface area (Å²) in [5.41, 5.74) is 1.24. The Hall–Kier alpha value is 0.280. The summed E-state index contributed by atoms with van der Waals surface area (Å²) in [6.45, 7) is 0. The van der Waals surface area contributed by atoms with Gasteiger partial charge in [-0.1, -0.05) is 70.9 Å². The minimum atomic E-state index is 0.408. The summed E-state index contributed by atoms with van der Waals surface area (Å²) in [6, 6.07) is 5.91. The molecule has 0 aromatic heterocycles. The number of rotatable bonds is 3. The number of halogens is 3. The fourth-order valence-corrected chi connectivity index (χ4v) is 3.50. The molecule has 0 N–H and O–H groups in total. The van der Waals surface area contributed by atoms with E-state index in [2.05, 4.69) is 22.0 Å². The van der Waals surface area contributed by atoms with Crippen LogP contribution in [-0.2, 0) is 0 Å². The molecule has 0 nitrogen and oxygen atoms in total. The monoisotopic (exact) mass is 320 g/mol. The second-order valence-corrected chi connectivity index (χ2v) is 6.45. The standard InChI is InChI=1S/C13H15BrCl2/c14-11(7-9-3-1-2-4-9)10-5-6-12(15)13(16)8-10/h5-6,8-9,11H,1-4,7H2. The minimum Gasteiger partial charge on any atom is -0.0839 e. The number of hydrogen-bond donors (Lipinski definition) is 0. The number of alkyl halides is 1. The Morgan fingerprint density at radius 3 is 2.50 bits per heavy atom. The van der Waals surface area contributed by atoms with E-state index in [0.29, 0.717) is 14.9 Å². The van der Waals surface area contributed by atoms with Crippen molar-refractivity contribution in [2.24, 2.45) is 5.92 Å². The maximum absolute atomic E-state index is 6.02. The molecule has 88 valence electrons. The van der Waals surface area contributed by atoms with E-state index in [0.717, 1.165) is 5.92 Å². The van der Waals surface area contributed by atoms with Crippen molar-refractivity contribution < 1.29 is 0 Å². The summed E-state index contributed by atoms with van der Waals surface area (Å²) in [5.74, 6) is 0.874. The maximum atomic E-state index is 6.02. The average Bonchev–Trinajstić information content (AvgIpc) is 2.74. The van der Waals surface area contributed by atoms with Gasteiger partial charge in [-0.3, -0.25) is 0 Å². The molecule has 1 unspecified atom stereocenters. The van der Waals surface area contributed by atoms with Crippen LogP contribution in [-0.4, -0.2) is 0 Å². The summed E-state index contributed by atoms with van der Waals surface area (Å²) >= 11 is 15.7. The first-order valence-electron chi connectivity index (χ1n) is 5.76. The van der Waals surface area contributed by atoms with Crippen molar-refractivity contribution in [3.05, 3.63) is 33.8 Å². The van der Waals surface area contributed by atoms with Crippen LogP contribution in [0.5, 0.6) is 0 Å². The summed E-state index contributed by atoms with van der Waals surface area (Å²) in [7, 11) is 0. The lowest BCUT2D eigenvalue weighted by molar-refractivity contribution is 0.502. The molecule has 2 rings (SSSR count). The topological polar surface area (TPSA) is 0 Å². The van der Waals surface area contributed by atoms with Crippen molar-refractivity contribution in [2.45, 2.75) is 36.9 Å². The fourth-order valence-electron chi connectivity index (χ4n) is 2.38. The summed E-state index contributed by atoms with van der Waals surface area (Å²) < 4.78 is 0. The van der Waals surface area contributed by atoms with Crippen LogP contribution >= 0.6 is 39.1 Å². The largest absolute Gasteiger partial charge is 0.0839 e. The van der Waals surface area contributed by atoms with E-state index in [1.165, 1.54) is 37.7 Å². The molecule has 0 spiro atoms. The van der Waals surface area contributed by atoms with Crippen LogP contribution in [0.15, 0.2) is 18.2 Å². The van der Waals surface area contributed by atoms with Gasteiger partial charge >= 0.3 is 0 Å². The van der Waals surface area contributed by atoms with Crippen molar-refractivity contribution in [1.82, 2.24) is 0 Å². The Morgan fingerprint density at radius 2 is 1.88 bits per heavy atom. The van der Waals surface area contributed by atoms with Gasteiger partial charge in [0, 0.05) is 4.83 Å². The van der Waals surface area contributed by atoms with Crippen molar-refractivity contribution in [1.29, 1.82) is 0 Å². The van der Waals surface area contributed by atoms with Crippen LogP contribution < -0.4 is 0 Å². The second kappa shape index (κ2) is 5.75. The van der Waals surface area contributed by atoms with Crippen LogP contribution in [0.4, 0.5) is 0 Å². The minimum absolute atomic E-state index is 0.408. The van der Waals surface area contributed by atoms with Gasteiger partial charge < -0.3 is 0 Å². The predicted molar refractivity (Wildman–Crippen MR) is 74.7 cm³/mol. The van der Waals surface area contributed by atoms with E-state index >= 15 is 0 Å². The van der Waals surface area contributed by atoms with E-state index in [1.54, 1.807) is 0 Å². The molecule has 0 heterocycles. The Balaban J connectivity index is 2.02. The number of hydrogen-bond acceptors (Lipinski definition) is 0. The Morgan fingerprint density at radius 1 is 1.19 bits per heavy atom. The van der Waals surface area contributed by atoms with Crippen LogP contribution in [0, 0.1) is 5.92 Å². The molecular weight excluding hydrogens is 307 g/mol. The highest BCUT2D eigenvalue weighted by atomic mass is 79.9. The molecule has 1 atom stereocenters. The fraction of sp³-hybridized carbons (Fsp3) is 0.538. The first-order chi connectivity index (χ1) is 7.66. The molecule has 0 bridgehead atoms. The quantitative estimate of drug-likeness (QED) is 0.598. The normalized spacial score (nSPS) is 18.9. The zero-order valence-corrected chi connectivity index (χ0v) is 12.2. The molecule has 1 aromatic rings. The smallest absolute Gasteiger partial charge is 0.0595 e. The molecule has 1 saturated carbocycles. The van der Waals surface area contributed by atoms with Gasteiger partial charge in [-0.05, 0) is 30.0 Å². The summed E-state index contributed by atoms with van der Waals surface area (Å²) in [4.78, 5) is 0.408. The average molecular weight is 322 g/mol. The Kier molecular flexibility index (Phi) is 4.57. The van der Waals surface area contributed by atoms with Crippen molar-refractivity contribution in [3.63, 3.8) is 0 Å². The molecule has 0 aliphatic heterocycles. The molecule has 1 aromatic carbocycles. The zero-order valence-electron chi connectivity index (χ0n) is 9.06. The van der Waals surface area contributed by atoms with Gasteiger partial charge in [0.2, 0.25) is 0 Å². The molecule has 0 amide bonds. The molecule has 1 fully saturated rings. The zero-order chi connectivity index (χ0) is 11.5. The third-order valence-electron chi connectivity index (χ3n) is 3.32. The molecule has 0 saturated heterocycles. The van der Waals surface area contributed by atoms with Crippen LogP contribution in [0.2, 0.25) is 10.0 Å². The third-order valence-corrected chi connectivity index (χ3v) is 4.96. The summed E-state index contributed by atoms with van der Waals surface area (Å²) in [5, 5.41) is 1.28. The second-order valence-electron chi connectivity index (χ2n) is 4.53. The van der Waals surface area contributed by atoms with E-state index in [9.17, 15) is 0 Å². The van der Waals surface area contributed by atoms with Gasteiger partial charge in [-0.15, -0.1) is 0 Å². The van der Waals surface area contributed by atoms with Gasteiger partial charge in [0.15, 0.2) is 0 Å². The van der Waals surface area contributed by atoms with Gasteiger partial charge in [-0.2, -0.15) is 0 Å². The highest BCUT2D eigenvalue weighted by molar-refractivity contribution is 9.09. The van der Waals surface area contributed by atoms with Crippen LogP contribution in [0.3, 0.4) is 0 Å². The van der Waals surface area contributed by atoms with Gasteiger partial charge in [0.25, 0.3) is 0 Å². The predicted octanol–water partition coefficient (Wildman–Crippen LogP) is 6.01. The van der Waals surface area contributed by atoms with Gasteiger partial charge in [-0.25, -0.2) is 0 Å². The molecule has 1 aliphatic rings. The SMILES string of the molecule is Clc1ccc(C(Br)CC2CCCC2)cc1Cl. The first-order valence-corrected chi connectivity index (χ1v) is 7.43. The van der Waals surface area contributed by atoms with Crippen LogP contribution in [0.25, 0.3) is 0 Å². The molecule has 1 aliphatic carbocycles. The molecule has 0 radical (unpaired) electrons. The lowest BCUT2D eigenvalue weighted by atomic mass is 9.98. The lowest BCUT2D eigenvalue weighted by Crippen LogP contribution is -1.99. The maximum Gasteiger partial charge on any atom is 0.0595 e. The first kappa shape index (κ1) is 12.7. The number of benzene rings is 1. The summed E-state index contributed by atoms with van der Waals surface area (Å²) in [6.07, 6.45) is 6.75. The molecule has 16 heavy (non-hydrogen) atoms. The van der Waals surface area contributed by atoms with Crippen molar-refractivity contribution in [2.75, 3.05) is 0 Å². The molecular formula is C13H15BrCl2. The third kappa shape index (κ3) is 3.15. The van der Waals surface area contributed by atoms with Gasteiger partial charge in [0.05, 0.1) is 10.0 Å². The Labute approximate surface area is 115 Å². The van der Waals surface area contributed by atoms with Gasteiger partial charge in [0.1, 0.15) is 0 Å². The van der Waals surface area contributed by atoms with Crippen LogP contribution in [0.1, 0.15) is 42.5 Å². The van der Waals surface area contributed by atoms with Crippen molar-refractivity contribution in [3.8, 4) is 0 Å². The van der Waals surface area contributed by atoms with E-state index in [1.807, 2.05) is 12.1 Å². The van der Waals surface area contributed by atoms with E-state index < -0.39 is 0 Å². The Bertz CT molecular complexity index is 359. The lowest BCUT2D eigenvalue weighted by Gasteiger charge is -2.15. The molecule has 3 heteroatoms. The van der Waals surface area contributed by atoms with E-state index in [4.69, 9.17) is 23.2 Å². The highest BCUT2D eigenvalue weighted by Gasteiger charge is 2.19.